The van der Waals surface area contributed by atoms with Crippen LogP contribution in [0.25, 0.3) is 0 Å². The van der Waals surface area contributed by atoms with Gasteiger partial charge < -0.3 is 20.3 Å². The molecule has 0 aromatic heterocycles. The van der Waals surface area contributed by atoms with Crippen molar-refractivity contribution in [2.45, 2.75) is 38.1 Å². The molecule has 2 N–H and O–H groups in total. The number of piperidine rings is 1. The van der Waals surface area contributed by atoms with Crippen molar-refractivity contribution >= 4 is 6.03 Å². The summed E-state index contributed by atoms with van der Waals surface area (Å²) < 4.78 is 5.30. The number of ether oxygens (including phenoxy) is 1. The lowest BCUT2D eigenvalue weighted by Crippen LogP contribution is -2.55. The van der Waals surface area contributed by atoms with Gasteiger partial charge in [0.25, 0.3) is 0 Å². The Morgan fingerprint density at radius 1 is 1.53 bits per heavy atom. The van der Waals surface area contributed by atoms with Crippen LogP contribution in [0.1, 0.15) is 32.6 Å². The molecule has 0 spiro atoms. The van der Waals surface area contributed by atoms with E-state index in [2.05, 4.69) is 17.6 Å². The molecule has 5 heteroatoms. The molecule has 2 aliphatic heterocycles. The molecule has 0 aromatic carbocycles. The lowest BCUT2D eigenvalue weighted by atomic mass is 9.98. The van der Waals surface area contributed by atoms with Crippen molar-refractivity contribution in [2.24, 2.45) is 5.92 Å². The molecule has 0 aliphatic carbocycles. The summed E-state index contributed by atoms with van der Waals surface area (Å²) in [7, 11) is 1.72. The number of nitrogens with zero attached hydrogens (tertiary/aromatic N) is 1. The van der Waals surface area contributed by atoms with Gasteiger partial charge in [-0.1, -0.05) is 6.92 Å². The first-order valence-corrected chi connectivity index (χ1v) is 7.42. The molecule has 2 atom stereocenters. The van der Waals surface area contributed by atoms with Crippen LogP contribution in [0.3, 0.4) is 0 Å². The van der Waals surface area contributed by atoms with Gasteiger partial charge in [0.1, 0.15) is 0 Å². The van der Waals surface area contributed by atoms with E-state index in [4.69, 9.17) is 4.74 Å². The van der Waals surface area contributed by atoms with Gasteiger partial charge in [0.15, 0.2) is 0 Å². The van der Waals surface area contributed by atoms with Gasteiger partial charge in [-0.2, -0.15) is 0 Å². The molecule has 2 aliphatic rings. The van der Waals surface area contributed by atoms with Gasteiger partial charge in [0.05, 0.1) is 12.1 Å². The molecule has 0 saturated carbocycles. The average molecular weight is 269 g/mol. The van der Waals surface area contributed by atoms with Crippen LogP contribution >= 0.6 is 0 Å². The monoisotopic (exact) mass is 269 g/mol. The van der Waals surface area contributed by atoms with Crippen molar-refractivity contribution in [1.82, 2.24) is 15.5 Å². The summed E-state index contributed by atoms with van der Waals surface area (Å²) in [6, 6.07) is 0.0794. The fourth-order valence-corrected chi connectivity index (χ4v) is 3.20. The Balaban J connectivity index is 1.81. The highest BCUT2D eigenvalue weighted by Crippen LogP contribution is 2.19. The van der Waals surface area contributed by atoms with Crippen molar-refractivity contribution in [3.8, 4) is 0 Å². The lowest BCUT2D eigenvalue weighted by molar-refractivity contribution is 0.116. The topological polar surface area (TPSA) is 53.6 Å². The Kier molecular flexibility index (Phi) is 5.05. The normalized spacial score (nSPS) is 31.5. The zero-order chi connectivity index (χ0) is 13.7. The van der Waals surface area contributed by atoms with Crippen LogP contribution in [0.15, 0.2) is 0 Å². The summed E-state index contributed by atoms with van der Waals surface area (Å²) in [5, 5.41) is 6.56. The maximum Gasteiger partial charge on any atom is 0.317 e. The van der Waals surface area contributed by atoms with Crippen molar-refractivity contribution < 1.29 is 9.53 Å². The fourth-order valence-electron chi connectivity index (χ4n) is 3.20. The fraction of sp³-hybridized carbons (Fsp3) is 0.929. The standard InChI is InChI=1S/C14H27N3O2/c1-12-5-3-8-17(9-12)13(18)15-10-14(11-19-2)6-4-7-16-14/h12,16H,3-11H2,1-2H3,(H,15,18). The van der Waals surface area contributed by atoms with Crippen molar-refractivity contribution in [2.75, 3.05) is 39.9 Å². The first-order valence-electron chi connectivity index (χ1n) is 7.42. The molecule has 2 heterocycles. The summed E-state index contributed by atoms with van der Waals surface area (Å²) in [6.45, 7) is 6.32. The van der Waals surface area contributed by atoms with Crippen LogP contribution in [-0.2, 0) is 4.74 Å². The van der Waals surface area contributed by atoms with E-state index in [1.54, 1.807) is 7.11 Å². The second kappa shape index (κ2) is 6.57. The maximum absolute atomic E-state index is 12.2. The largest absolute Gasteiger partial charge is 0.383 e. The number of carbonyl (C=O) groups is 1. The van der Waals surface area contributed by atoms with Crippen LogP contribution in [0.5, 0.6) is 0 Å². The predicted octanol–water partition coefficient (Wildman–Crippen LogP) is 1.20. The number of nitrogens with one attached hydrogen (secondary N) is 2. The number of methoxy groups -OCH3 is 1. The Morgan fingerprint density at radius 2 is 2.37 bits per heavy atom. The Labute approximate surface area is 116 Å². The SMILES string of the molecule is COCC1(CNC(=O)N2CCCC(C)C2)CCCN1. The minimum Gasteiger partial charge on any atom is -0.383 e. The van der Waals surface area contributed by atoms with Gasteiger partial charge in [-0.3, -0.25) is 0 Å². The van der Waals surface area contributed by atoms with Crippen molar-refractivity contribution in [3.05, 3.63) is 0 Å². The Morgan fingerprint density at radius 3 is 3.00 bits per heavy atom. The second-order valence-electron chi connectivity index (χ2n) is 6.10. The molecule has 2 saturated heterocycles. The maximum atomic E-state index is 12.2. The molecule has 19 heavy (non-hydrogen) atoms. The molecule has 2 amide bonds. The number of rotatable bonds is 4. The van der Waals surface area contributed by atoms with Gasteiger partial charge in [0.2, 0.25) is 0 Å². The number of likely N-dealkylation sites (tertiary alicyclic amines) is 1. The molecule has 0 radical (unpaired) electrons. The van der Waals surface area contributed by atoms with Gasteiger partial charge >= 0.3 is 6.03 Å². The van der Waals surface area contributed by atoms with Crippen molar-refractivity contribution in [1.29, 1.82) is 0 Å². The zero-order valence-corrected chi connectivity index (χ0v) is 12.2. The summed E-state index contributed by atoms with van der Waals surface area (Å²) in [5.41, 5.74) is -0.0637. The van der Waals surface area contributed by atoms with E-state index in [1.165, 1.54) is 6.42 Å². The first-order chi connectivity index (χ1) is 9.15. The number of amides is 2. The van der Waals surface area contributed by atoms with Crippen molar-refractivity contribution in [3.63, 3.8) is 0 Å². The third-order valence-corrected chi connectivity index (χ3v) is 4.27. The molecule has 5 nitrogen and oxygen atoms in total. The summed E-state index contributed by atoms with van der Waals surface area (Å²) in [6.07, 6.45) is 4.58. The molecule has 0 bridgehead atoms. The van der Waals surface area contributed by atoms with Gasteiger partial charge in [0, 0.05) is 26.7 Å². The highest BCUT2D eigenvalue weighted by molar-refractivity contribution is 5.74. The third-order valence-electron chi connectivity index (χ3n) is 4.27. The quantitative estimate of drug-likeness (QED) is 0.806. The summed E-state index contributed by atoms with van der Waals surface area (Å²) in [5.74, 6) is 0.622. The van der Waals surface area contributed by atoms with E-state index in [0.717, 1.165) is 38.9 Å². The Bertz CT molecular complexity index is 303. The molecular weight excluding hydrogens is 242 g/mol. The van der Waals surface area contributed by atoms with Crippen LogP contribution in [0.4, 0.5) is 4.79 Å². The molecular formula is C14H27N3O2. The third kappa shape index (κ3) is 3.83. The van der Waals surface area contributed by atoms with Crippen LogP contribution in [-0.4, -0.2) is 56.4 Å². The van der Waals surface area contributed by atoms with Crippen LogP contribution in [0.2, 0.25) is 0 Å². The van der Waals surface area contributed by atoms with Crippen LogP contribution in [0, 0.1) is 5.92 Å². The highest BCUT2D eigenvalue weighted by Gasteiger charge is 2.34. The minimum absolute atomic E-state index is 0.0637. The average Bonchev–Trinajstić information content (AvgIpc) is 2.85. The highest BCUT2D eigenvalue weighted by atomic mass is 16.5. The van der Waals surface area contributed by atoms with E-state index in [9.17, 15) is 4.79 Å². The number of hydrogen-bond donors (Lipinski definition) is 2. The Hall–Kier alpha value is -0.810. The number of hydrogen-bond acceptors (Lipinski definition) is 3. The molecule has 2 rings (SSSR count). The van der Waals surface area contributed by atoms with E-state index in [1.807, 2.05) is 4.90 Å². The summed E-state index contributed by atoms with van der Waals surface area (Å²) in [4.78, 5) is 14.1. The number of urea groups is 1. The smallest absolute Gasteiger partial charge is 0.317 e. The number of carbonyl (C=O) groups excluding carboxylic acids is 1. The first kappa shape index (κ1) is 14.6. The van der Waals surface area contributed by atoms with E-state index < -0.39 is 0 Å². The van der Waals surface area contributed by atoms with Gasteiger partial charge in [-0.15, -0.1) is 0 Å². The molecule has 0 aromatic rings. The molecule has 2 fully saturated rings. The molecule has 110 valence electrons. The molecule has 2 unspecified atom stereocenters. The minimum atomic E-state index is -0.0637. The van der Waals surface area contributed by atoms with Gasteiger partial charge in [-0.25, -0.2) is 4.79 Å². The van der Waals surface area contributed by atoms with E-state index >= 15 is 0 Å². The predicted molar refractivity (Wildman–Crippen MR) is 75.2 cm³/mol. The van der Waals surface area contributed by atoms with Crippen LogP contribution < -0.4 is 10.6 Å². The zero-order valence-electron chi connectivity index (χ0n) is 12.2. The lowest BCUT2D eigenvalue weighted by Gasteiger charge is -2.33. The second-order valence-corrected chi connectivity index (χ2v) is 6.10. The van der Waals surface area contributed by atoms with E-state index in [0.29, 0.717) is 19.1 Å². The van der Waals surface area contributed by atoms with Gasteiger partial charge in [-0.05, 0) is 38.1 Å². The summed E-state index contributed by atoms with van der Waals surface area (Å²) >= 11 is 0. The van der Waals surface area contributed by atoms with E-state index in [-0.39, 0.29) is 11.6 Å².